The molecule has 0 amide bonds. The predicted octanol–water partition coefficient (Wildman–Crippen LogP) is 2.82. The highest BCUT2D eigenvalue weighted by atomic mass is 32.2. The number of ether oxygens (including phenoxy) is 1. The van der Waals surface area contributed by atoms with Crippen LogP contribution in [0.2, 0.25) is 0 Å². The Labute approximate surface area is 73.2 Å². The molecular weight excluding hydrogens is 156 g/mol. The SMILES string of the molecule is C=COCC1(CC)CCCS1. The molecule has 0 N–H and O–H groups in total. The van der Waals surface area contributed by atoms with Crippen molar-refractivity contribution < 1.29 is 4.74 Å². The first-order chi connectivity index (χ1) is 5.33. The quantitative estimate of drug-likeness (QED) is 0.603. The maximum absolute atomic E-state index is 5.25. The molecule has 0 saturated carbocycles. The van der Waals surface area contributed by atoms with E-state index < -0.39 is 0 Å². The van der Waals surface area contributed by atoms with Crippen molar-refractivity contribution in [2.24, 2.45) is 0 Å². The molecule has 1 aliphatic rings. The molecular formula is C9H16OS. The van der Waals surface area contributed by atoms with Crippen molar-refractivity contribution >= 4 is 11.8 Å². The van der Waals surface area contributed by atoms with E-state index in [9.17, 15) is 0 Å². The molecule has 1 saturated heterocycles. The maximum Gasteiger partial charge on any atom is 0.102 e. The second kappa shape index (κ2) is 4.05. The van der Waals surface area contributed by atoms with E-state index in [4.69, 9.17) is 4.74 Å². The van der Waals surface area contributed by atoms with Gasteiger partial charge in [0.1, 0.15) is 6.61 Å². The summed E-state index contributed by atoms with van der Waals surface area (Å²) in [6.45, 7) is 6.64. The number of hydrogen-bond donors (Lipinski definition) is 0. The molecule has 64 valence electrons. The molecule has 0 spiro atoms. The van der Waals surface area contributed by atoms with Gasteiger partial charge >= 0.3 is 0 Å². The van der Waals surface area contributed by atoms with Crippen LogP contribution < -0.4 is 0 Å². The summed E-state index contributed by atoms with van der Waals surface area (Å²) >= 11 is 2.06. The fourth-order valence-electron chi connectivity index (χ4n) is 1.46. The van der Waals surface area contributed by atoms with Crippen LogP contribution in [0.15, 0.2) is 12.8 Å². The Hall–Kier alpha value is -0.110. The van der Waals surface area contributed by atoms with Crippen LogP contribution in [-0.4, -0.2) is 17.1 Å². The Bertz CT molecular complexity index is 128. The molecule has 0 radical (unpaired) electrons. The van der Waals surface area contributed by atoms with Gasteiger partial charge in [0, 0.05) is 4.75 Å². The zero-order valence-corrected chi connectivity index (χ0v) is 7.95. The molecule has 1 atom stereocenters. The summed E-state index contributed by atoms with van der Waals surface area (Å²) in [5, 5.41) is 0. The van der Waals surface area contributed by atoms with Crippen LogP contribution >= 0.6 is 11.8 Å². The highest BCUT2D eigenvalue weighted by molar-refractivity contribution is 8.00. The highest BCUT2D eigenvalue weighted by Gasteiger charge is 2.33. The zero-order chi connectivity index (χ0) is 8.16. The monoisotopic (exact) mass is 172 g/mol. The second-order valence-corrected chi connectivity index (χ2v) is 4.53. The van der Waals surface area contributed by atoms with Crippen LogP contribution in [-0.2, 0) is 4.74 Å². The lowest BCUT2D eigenvalue weighted by Gasteiger charge is -2.25. The van der Waals surface area contributed by atoms with Crippen molar-refractivity contribution in [3.63, 3.8) is 0 Å². The summed E-state index contributed by atoms with van der Waals surface area (Å²) in [5.41, 5.74) is 0. The summed E-state index contributed by atoms with van der Waals surface area (Å²) in [7, 11) is 0. The molecule has 0 aliphatic carbocycles. The van der Waals surface area contributed by atoms with Crippen LogP contribution in [0.25, 0.3) is 0 Å². The van der Waals surface area contributed by atoms with E-state index in [1.165, 1.54) is 25.0 Å². The Morgan fingerprint density at radius 1 is 1.73 bits per heavy atom. The molecule has 1 heterocycles. The molecule has 1 unspecified atom stereocenters. The van der Waals surface area contributed by atoms with E-state index in [1.807, 2.05) is 0 Å². The minimum absolute atomic E-state index is 0.411. The standard InChI is InChI=1S/C9H16OS/c1-3-9(8-10-4-2)6-5-7-11-9/h4H,2-3,5-8H2,1H3. The van der Waals surface area contributed by atoms with Gasteiger partial charge < -0.3 is 4.74 Å². The third-order valence-electron chi connectivity index (χ3n) is 2.29. The van der Waals surface area contributed by atoms with Crippen molar-refractivity contribution in [2.45, 2.75) is 30.9 Å². The zero-order valence-electron chi connectivity index (χ0n) is 7.14. The largest absolute Gasteiger partial charge is 0.500 e. The van der Waals surface area contributed by atoms with Gasteiger partial charge in [-0.3, -0.25) is 0 Å². The van der Waals surface area contributed by atoms with Crippen molar-refractivity contribution in [3.05, 3.63) is 12.8 Å². The number of hydrogen-bond acceptors (Lipinski definition) is 2. The first-order valence-corrected chi connectivity index (χ1v) is 5.18. The normalized spacial score (nSPS) is 30.3. The number of thioether (sulfide) groups is 1. The third-order valence-corrected chi connectivity index (χ3v) is 4.01. The fourth-order valence-corrected chi connectivity index (χ4v) is 2.83. The van der Waals surface area contributed by atoms with Gasteiger partial charge in [-0.25, -0.2) is 0 Å². The Morgan fingerprint density at radius 3 is 3.00 bits per heavy atom. The van der Waals surface area contributed by atoms with Crippen LogP contribution in [0, 0.1) is 0 Å². The van der Waals surface area contributed by atoms with E-state index in [1.54, 1.807) is 6.26 Å². The third kappa shape index (κ3) is 2.16. The summed E-state index contributed by atoms with van der Waals surface area (Å²) in [4.78, 5) is 0. The lowest BCUT2D eigenvalue weighted by atomic mass is 10.0. The van der Waals surface area contributed by atoms with E-state index in [0.717, 1.165) is 6.61 Å². The molecule has 1 aliphatic heterocycles. The average molecular weight is 172 g/mol. The van der Waals surface area contributed by atoms with Gasteiger partial charge in [-0.1, -0.05) is 13.5 Å². The molecule has 2 heteroatoms. The van der Waals surface area contributed by atoms with Crippen LogP contribution in [0.4, 0.5) is 0 Å². The van der Waals surface area contributed by atoms with Gasteiger partial charge in [-0.15, -0.1) is 0 Å². The molecule has 0 bridgehead atoms. The Morgan fingerprint density at radius 2 is 2.55 bits per heavy atom. The summed E-state index contributed by atoms with van der Waals surface area (Å²) in [5.74, 6) is 1.30. The van der Waals surface area contributed by atoms with E-state index in [-0.39, 0.29) is 0 Å². The lowest BCUT2D eigenvalue weighted by molar-refractivity contribution is 0.208. The maximum atomic E-state index is 5.25. The molecule has 11 heavy (non-hydrogen) atoms. The molecule has 1 nitrogen and oxygen atoms in total. The van der Waals surface area contributed by atoms with Crippen LogP contribution in [0.1, 0.15) is 26.2 Å². The molecule has 0 aromatic rings. The van der Waals surface area contributed by atoms with E-state index in [0.29, 0.717) is 4.75 Å². The van der Waals surface area contributed by atoms with Crippen molar-refractivity contribution in [1.29, 1.82) is 0 Å². The van der Waals surface area contributed by atoms with Gasteiger partial charge in [0.25, 0.3) is 0 Å². The summed E-state index contributed by atoms with van der Waals surface area (Å²) in [6.07, 6.45) is 5.42. The molecule has 1 rings (SSSR count). The predicted molar refractivity (Wildman–Crippen MR) is 50.9 cm³/mol. The minimum Gasteiger partial charge on any atom is -0.500 e. The topological polar surface area (TPSA) is 9.23 Å². The lowest BCUT2D eigenvalue weighted by Crippen LogP contribution is -2.25. The van der Waals surface area contributed by atoms with Crippen LogP contribution in [0.3, 0.4) is 0 Å². The van der Waals surface area contributed by atoms with E-state index in [2.05, 4.69) is 25.3 Å². The highest BCUT2D eigenvalue weighted by Crippen LogP contribution is 2.40. The van der Waals surface area contributed by atoms with Gasteiger partial charge in [0.2, 0.25) is 0 Å². The average Bonchev–Trinajstić information content (AvgIpc) is 2.50. The van der Waals surface area contributed by atoms with Crippen LogP contribution in [0.5, 0.6) is 0 Å². The smallest absolute Gasteiger partial charge is 0.102 e. The summed E-state index contributed by atoms with van der Waals surface area (Å²) < 4.78 is 5.67. The van der Waals surface area contributed by atoms with Gasteiger partial charge in [0.05, 0.1) is 6.26 Å². The van der Waals surface area contributed by atoms with Gasteiger partial charge in [-0.2, -0.15) is 11.8 Å². The summed E-state index contributed by atoms with van der Waals surface area (Å²) in [6, 6.07) is 0. The van der Waals surface area contributed by atoms with Gasteiger partial charge in [0.15, 0.2) is 0 Å². The Kier molecular flexibility index (Phi) is 3.31. The van der Waals surface area contributed by atoms with Crippen molar-refractivity contribution in [2.75, 3.05) is 12.4 Å². The van der Waals surface area contributed by atoms with Crippen molar-refractivity contribution in [3.8, 4) is 0 Å². The molecule has 0 aromatic carbocycles. The first-order valence-electron chi connectivity index (χ1n) is 4.19. The molecule has 0 aromatic heterocycles. The molecule has 1 fully saturated rings. The van der Waals surface area contributed by atoms with E-state index >= 15 is 0 Å². The first kappa shape index (κ1) is 8.98. The number of rotatable bonds is 4. The minimum atomic E-state index is 0.411. The van der Waals surface area contributed by atoms with Gasteiger partial charge in [-0.05, 0) is 25.0 Å². The van der Waals surface area contributed by atoms with Crippen molar-refractivity contribution in [1.82, 2.24) is 0 Å². The fraction of sp³-hybridized carbons (Fsp3) is 0.778. The Balaban J connectivity index is 2.38. The second-order valence-electron chi connectivity index (χ2n) is 2.97.